The minimum absolute atomic E-state index is 0.0229. The number of fused-ring (bicyclic) bond motifs is 1. The number of hydrogen-bond donors (Lipinski definition) is 2. The molecular formula is C29H28FN7O4. The Bertz CT molecular complexity index is 1570. The Morgan fingerprint density at radius 2 is 1.76 bits per heavy atom. The van der Waals surface area contributed by atoms with Crippen molar-refractivity contribution in [3.8, 4) is 0 Å². The van der Waals surface area contributed by atoms with Gasteiger partial charge in [0.1, 0.15) is 29.8 Å². The lowest BCUT2D eigenvalue weighted by atomic mass is 9.91. The van der Waals surface area contributed by atoms with Crippen molar-refractivity contribution in [3.63, 3.8) is 0 Å². The molecule has 41 heavy (non-hydrogen) atoms. The number of aryl methyl sites for hydroxylation is 1. The van der Waals surface area contributed by atoms with Gasteiger partial charge in [0.15, 0.2) is 0 Å². The lowest BCUT2D eigenvalue weighted by Gasteiger charge is -2.34. The van der Waals surface area contributed by atoms with Crippen LogP contribution in [0.5, 0.6) is 0 Å². The topological polar surface area (TPSA) is 137 Å². The second-order valence-electron chi connectivity index (χ2n) is 10.6. The molecule has 3 aromatic rings. The normalized spacial score (nSPS) is 19.4. The highest BCUT2D eigenvalue weighted by Crippen LogP contribution is 2.34. The quantitative estimate of drug-likeness (QED) is 0.438. The fourth-order valence-corrected chi connectivity index (χ4v) is 5.71. The summed E-state index contributed by atoms with van der Waals surface area (Å²) in [5, 5.41) is 5.40. The number of rotatable bonds is 6. The van der Waals surface area contributed by atoms with Crippen molar-refractivity contribution in [2.24, 2.45) is 5.92 Å². The number of pyridine rings is 1. The Hall–Kier alpha value is -4.74. The van der Waals surface area contributed by atoms with Gasteiger partial charge in [-0.3, -0.25) is 29.4 Å². The molecule has 0 aliphatic carbocycles. The van der Waals surface area contributed by atoms with Gasteiger partial charge in [-0.15, -0.1) is 0 Å². The lowest BCUT2D eigenvalue weighted by Crippen LogP contribution is -2.54. The Morgan fingerprint density at radius 3 is 2.49 bits per heavy atom. The highest BCUT2D eigenvalue weighted by molar-refractivity contribution is 6.23. The average molecular weight is 558 g/mol. The van der Waals surface area contributed by atoms with Crippen LogP contribution in [0.25, 0.3) is 0 Å². The number of imide groups is 2. The molecule has 1 aromatic carbocycles. The summed E-state index contributed by atoms with van der Waals surface area (Å²) in [5.41, 5.74) is 2.17. The molecule has 2 saturated heterocycles. The molecule has 0 saturated carbocycles. The number of carbonyl (C=O) groups excluding carboxylic acids is 4. The van der Waals surface area contributed by atoms with Crippen LogP contribution >= 0.6 is 0 Å². The van der Waals surface area contributed by atoms with E-state index in [0.29, 0.717) is 24.8 Å². The van der Waals surface area contributed by atoms with E-state index in [4.69, 9.17) is 0 Å². The highest BCUT2D eigenvalue weighted by Gasteiger charge is 2.45. The third-order valence-electron chi connectivity index (χ3n) is 7.94. The van der Waals surface area contributed by atoms with E-state index >= 15 is 4.39 Å². The van der Waals surface area contributed by atoms with Crippen LogP contribution in [-0.2, 0) is 16.0 Å². The van der Waals surface area contributed by atoms with Crippen LogP contribution in [0.3, 0.4) is 0 Å². The predicted molar refractivity (Wildman–Crippen MR) is 146 cm³/mol. The minimum atomic E-state index is -1.09. The molecule has 2 N–H and O–H groups in total. The van der Waals surface area contributed by atoms with Gasteiger partial charge in [-0.25, -0.2) is 19.3 Å². The number of nitrogens with zero attached hydrogens (tertiary/aromatic N) is 5. The Morgan fingerprint density at radius 1 is 1.00 bits per heavy atom. The number of benzene rings is 1. The van der Waals surface area contributed by atoms with E-state index in [2.05, 4.69) is 25.6 Å². The fourth-order valence-electron chi connectivity index (χ4n) is 5.71. The van der Waals surface area contributed by atoms with E-state index in [1.54, 1.807) is 6.20 Å². The number of nitrogens with one attached hydrogen (secondary N) is 2. The first kappa shape index (κ1) is 26.5. The third-order valence-corrected chi connectivity index (χ3v) is 7.94. The molecule has 4 amide bonds. The van der Waals surface area contributed by atoms with Gasteiger partial charge in [-0.1, -0.05) is 6.07 Å². The van der Waals surface area contributed by atoms with Crippen molar-refractivity contribution >= 4 is 41.0 Å². The van der Waals surface area contributed by atoms with Crippen LogP contribution in [0.1, 0.15) is 57.7 Å². The molecule has 210 valence electrons. The van der Waals surface area contributed by atoms with Crippen molar-refractivity contribution in [2.45, 2.75) is 45.1 Å². The maximum atomic E-state index is 15.2. The third kappa shape index (κ3) is 5.12. The number of amides is 4. The Kier molecular flexibility index (Phi) is 6.90. The van der Waals surface area contributed by atoms with E-state index in [1.807, 2.05) is 30.0 Å². The lowest BCUT2D eigenvalue weighted by molar-refractivity contribution is -0.136. The minimum Gasteiger partial charge on any atom is -0.369 e. The molecule has 3 aliphatic heterocycles. The van der Waals surface area contributed by atoms with Crippen LogP contribution in [0.2, 0.25) is 0 Å². The first-order chi connectivity index (χ1) is 19.8. The average Bonchev–Trinajstić information content (AvgIpc) is 3.19. The molecule has 11 nitrogen and oxygen atoms in total. The molecule has 5 heterocycles. The standard InChI is InChI=1S/C29H28FN7O4/c1-16-3-2-8-31-26(16)34-24-12-18(32-15-33-24)11-17-6-9-36(10-7-17)23-14-20-19(13-21(23)30)28(40)37(29(20)41)22-4-5-25(38)35-27(22)39/h2-3,8,12-15,17,22H,4-7,9-11H2,1H3,(H,35,38,39)(H,31,32,33,34). The summed E-state index contributed by atoms with van der Waals surface area (Å²) in [6.45, 7) is 3.11. The summed E-state index contributed by atoms with van der Waals surface area (Å²) < 4.78 is 15.2. The molecular weight excluding hydrogens is 529 g/mol. The molecule has 2 aromatic heterocycles. The number of carbonyl (C=O) groups is 4. The molecule has 2 fully saturated rings. The van der Waals surface area contributed by atoms with Crippen molar-refractivity contribution < 1.29 is 23.6 Å². The van der Waals surface area contributed by atoms with Gasteiger partial charge < -0.3 is 10.2 Å². The number of anilines is 3. The molecule has 0 spiro atoms. The molecule has 3 aliphatic rings. The largest absolute Gasteiger partial charge is 0.369 e. The van der Waals surface area contributed by atoms with Crippen LogP contribution in [0.4, 0.5) is 21.7 Å². The Labute approximate surface area is 235 Å². The van der Waals surface area contributed by atoms with Gasteiger partial charge in [0.25, 0.3) is 11.8 Å². The zero-order valence-electron chi connectivity index (χ0n) is 22.4. The smallest absolute Gasteiger partial charge is 0.262 e. The van der Waals surface area contributed by atoms with Gasteiger partial charge in [-0.05, 0) is 62.3 Å². The molecule has 0 bridgehead atoms. The van der Waals surface area contributed by atoms with Gasteiger partial charge in [-0.2, -0.15) is 0 Å². The molecule has 1 unspecified atom stereocenters. The van der Waals surface area contributed by atoms with E-state index in [-0.39, 0.29) is 29.7 Å². The monoisotopic (exact) mass is 557 g/mol. The molecule has 1 atom stereocenters. The van der Waals surface area contributed by atoms with Crippen molar-refractivity contribution in [1.82, 2.24) is 25.2 Å². The van der Waals surface area contributed by atoms with E-state index in [1.165, 1.54) is 12.4 Å². The first-order valence-electron chi connectivity index (χ1n) is 13.6. The summed E-state index contributed by atoms with van der Waals surface area (Å²) in [6.07, 6.45) is 5.64. The number of hydrogen-bond acceptors (Lipinski definition) is 9. The second kappa shape index (κ2) is 10.7. The summed E-state index contributed by atoms with van der Waals surface area (Å²) in [7, 11) is 0. The maximum absolute atomic E-state index is 15.2. The SMILES string of the molecule is Cc1cccnc1Nc1cc(CC2CCN(c3cc4c(cc3F)C(=O)N(C3CCC(=O)NC3=O)C4=O)CC2)ncn1. The van der Waals surface area contributed by atoms with Crippen molar-refractivity contribution in [3.05, 3.63) is 71.1 Å². The number of halogens is 1. The van der Waals surface area contributed by atoms with Crippen LogP contribution in [-0.4, -0.2) is 62.6 Å². The summed E-state index contributed by atoms with van der Waals surface area (Å²) in [4.78, 5) is 65.8. The molecule has 12 heteroatoms. The fraction of sp³-hybridized carbons (Fsp3) is 0.345. The molecule has 6 rings (SSSR count). The predicted octanol–water partition coefficient (Wildman–Crippen LogP) is 2.92. The van der Waals surface area contributed by atoms with Crippen LogP contribution < -0.4 is 15.5 Å². The van der Waals surface area contributed by atoms with Crippen molar-refractivity contribution in [2.75, 3.05) is 23.3 Å². The second-order valence-corrected chi connectivity index (χ2v) is 10.6. The van der Waals surface area contributed by atoms with Gasteiger partial charge in [0.05, 0.1) is 16.8 Å². The van der Waals surface area contributed by atoms with Crippen molar-refractivity contribution in [1.29, 1.82) is 0 Å². The summed E-state index contributed by atoms with van der Waals surface area (Å²) >= 11 is 0. The maximum Gasteiger partial charge on any atom is 0.262 e. The van der Waals surface area contributed by atoms with Gasteiger partial charge >= 0.3 is 0 Å². The summed E-state index contributed by atoms with van der Waals surface area (Å²) in [6, 6.07) is 7.17. The zero-order valence-corrected chi connectivity index (χ0v) is 22.4. The Balaban J connectivity index is 1.11. The zero-order chi connectivity index (χ0) is 28.7. The number of aromatic nitrogens is 3. The summed E-state index contributed by atoms with van der Waals surface area (Å²) in [5.74, 6) is -1.38. The van der Waals surface area contributed by atoms with Gasteiger partial charge in [0, 0.05) is 37.5 Å². The van der Waals surface area contributed by atoms with E-state index in [0.717, 1.165) is 47.3 Å². The van der Waals surface area contributed by atoms with E-state index < -0.39 is 35.5 Å². The highest BCUT2D eigenvalue weighted by atomic mass is 19.1. The number of piperidine rings is 2. The van der Waals surface area contributed by atoms with Crippen LogP contribution in [0.15, 0.2) is 42.9 Å². The van der Waals surface area contributed by atoms with Gasteiger partial charge in [0.2, 0.25) is 11.8 Å². The van der Waals surface area contributed by atoms with E-state index in [9.17, 15) is 19.2 Å². The van der Waals surface area contributed by atoms with Crippen LogP contribution in [0, 0.1) is 18.7 Å². The molecule has 0 radical (unpaired) electrons. The first-order valence-corrected chi connectivity index (χ1v) is 13.6.